The van der Waals surface area contributed by atoms with Crippen LogP contribution in [0.1, 0.15) is 43.0 Å². The molecule has 0 spiro atoms. The third-order valence-electron chi connectivity index (χ3n) is 5.81. The quantitative estimate of drug-likeness (QED) is 0.389. The van der Waals surface area contributed by atoms with Gasteiger partial charge in [-0.3, -0.25) is 14.7 Å². The number of hydrogen-bond acceptors (Lipinski definition) is 5. The molecule has 1 unspecified atom stereocenters. The summed E-state index contributed by atoms with van der Waals surface area (Å²) >= 11 is 0. The molecule has 2 heterocycles. The normalized spacial score (nSPS) is 17.7. The molecule has 0 radical (unpaired) electrons. The summed E-state index contributed by atoms with van der Waals surface area (Å²) < 4.78 is 11.3. The van der Waals surface area contributed by atoms with Gasteiger partial charge in [-0.15, -0.1) is 0 Å². The first kappa shape index (κ1) is 22.2. The highest BCUT2D eigenvalue weighted by atomic mass is 16.5. The van der Waals surface area contributed by atoms with Crippen molar-refractivity contribution < 1.29 is 13.9 Å². The summed E-state index contributed by atoms with van der Waals surface area (Å²) in [7, 11) is 1.77. The zero-order valence-electron chi connectivity index (χ0n) is 18.7. The average Bonchev–Trinajstić information content (AvgIpc) is 3.23. The molecule has 1 saturated heterocycles. The zero-order valence-corrected chi connectivity index (χ0v) is 18.7. The van der Waals surface area contributed by atoms with Gasteiger partial charge in [0.05, 0.1) is 12.3 Å². The molecular formula is C24H33N5O3. The Bertz CT molecular complexity index is 889. The van der Waals surface area contributed by atoms with Crippen LogP contribution in [-0.4, -0.2) is 56.1 Å². The van der Waals surface area contributed by atoms with Gasteiger partial charge in [0, 0.05) is 26.2 Å². The van der Waals surface area contributed by atoms with Gasteiger partial charge in [-0.05, 0) is 68.6 Å². The third-order valence-corrected chi connectivity index (χ3v) is 5.81. The molecule has 1 aromatic heterocycles. The Hall–Kier alpha value is -3.00. The smallest absolute Gasteiger partial charge is 0.258 e. The van der Waals surface area contributed by atoms with E-state index in [9.17, 15) is 4.79 Å². The standard InChI is InChI=1S/C24H33N5O3/c1-25-24(27-16-21(22-8-5-13-31-22)29-11-2-3-12-29)26-15-18-6-4-7-20(14-18)32-17-23(30)28-19-9-10-19/h4-8,13-14,19,21H,2-3,9-12,15-17H2,1H3,(H,28,30)(H2,25,26,27). The molecule has 2 fully saturated rings. The second-order valence-electron chi connectivity index (χ2n) is 8.36. The molecule has 32 heavy (non-hydrogen) atoms. The molecule has 1 aliphatic carbocycles. The number of hydrogen-bond donors (Lipinski definition) is 3. The number of rotatable bonds is 10. The second-order valence-corrected chi connectivity index (χ2v) is 8.36. The molecule has 1 aromatic carbocycles. The van der Waals surface area contributed by atoms with Crippen molar-refractivity contribution >= 4 is 11.9 Å². The Morgan fingerprint density at radius 2 is 2.06 bits per heavy atom. The molecule has 8 heteroatoms. The van der Waals surface area contributed by atoms with Crippen LogP contribution in [0.25, 0.3) is 0 Å². The summed E-state index contributed by atoms with van der Waals surface area (Å²) in [5.74, 6) is 2.33. The second kappa shape index (κ2) is 11.0. The van der Waals surface area contributed by atoms with Crippen LogP contribution < -0.4 is 20.7 Å². The van der Waals surface area contributed by atoms with Crippen molar-refractivity contribution in [2.24, 2.45) is 4.99 Å². The van der Waals surface area contributed by atoms with Gasteiger partial charge in [-0.1, -0.05) is 12.1 Å². The lowest BCUT2D eigenvalue weighted by Crippen LogP contribution is -2.42. The van der Waals surface area contributed by atoms with Crippen LogP contribution in [0.5, 0.6) is 5.75 Å². The zero-order chi connectivity index (χ0) is 22.2. The molecular weight excluding hydrogens is 406 g/mol. The van der Waals surface area contributed by atoms with E-state index in [-0.39, 0.29) is 18.6 Å². The van der Waals surface area contributed by atoms with E-state index >= 15 is 0 Å². The predicted octanol–water partition coefficient (Wildman–Crippen LogP) is 2.44. The average molecular weight is 440 g/mol. The maximum atomic E-state index is 11.8. The van der Waals surface area contributed by atoms with Gasteiger partial charge in [0.1, 0.15) is 11.5 Å². The highest BCUT2D eigenvalue weighted by Crippen LogP contribution is 2.25. The van der Waals surface area contributed by atoms with Crippen molar-refractivity contribution in [2.45, 2.75) is 44.3 Å². The number of guanidine groups is 1. The summed E-state index contributed by atoms with van der Waals surface area (Å²) in [4.78, 5) is 18.6. The molecule has 0 bridgehead atoms. The third kappa shape index (κ3) is 6.50. The lowest BCUT2D eigenvalue weighted by molar-refractivity contribution is -0.123. The number of furan rings is 1. The fourth-order valence-corrected chi connectivity index (χ4v) is 3.93. The Balaban J connectivity index is 1.26. The van der Waals surface area contributed by atoms with Crippen LogP contribution in [0.15, 0.2) is 52.1 Å². The number of likely N-dealkylation sites (tertiary alicyclic amines) is 1. The van der Waals surface area contributed by atoms with Crippen molar-refractivity contribution in [3.8, 4) is 5.75 Å². The Morgan fingerprint density at radius 3 is 2.78 bits per heavy atom. The van der Waals surface area contributed by atoms with E-state index in [1.807, 2.05) is 36.4 Å². The van der Waals surface area contributed by atoms with E-state index in [0.29, 0.717) is 24.9 Å². The number of nitrogens with zero attached hydrogens (tertiary/aromatic N) is 2. The first-order valence-corrected chi connectivity index (χ1v) is 11.4. The van der Waals surface area contributed by atoms with E-state index in [1.165, 1.54) is 12.8 Å². The molecule has 2 aromatic rings. The Kier molecular flexibility index (Phi) is 7.66. The number of carbonyl (C=O) groups is 1. The topological polar surface area (TPSA) is 91.1 Å². The summed E-state index contributed by atoms with van der Waals surface area (Å²) in [6.45, 7) is 3.53. The number of carbonyl (C=O) groups excluding carboxylic acids is 1. The first-order valence-electron chi connectivity index (χ1n) is 11.4. The molecule has 1 atom stereocenters. The number of ether oxygens (including phenoxy) is 1. The van der Waals surface area contributed by atoms with Crippen LogP contribution in [-0.2, 0) is 11.3 Å². The number of nitrogens with one attached hydrogen (secondary N) is 3. The maximum absolute atomic E-state index is 11.8. The van der Waals surface area contributed by atoms with Gasteiger partial charge in [-0.25, -0.2) is 0 Å². The van der Waals surface area contributed by atoms with Crippen LogP contribution in [0.2, 0.25) is 0 Å². The molecule has 2 aliphatic rings. The van der Waals surface area contributed by atoms with Crippen molar-refractivity contribution in [2.75, 3.05) is 33.3 Å². The maximum Gasteiger partial charge on any atom is 0.258 e. The monoisotopic (exact) mass is 439 g/mol. The summed E-state index contributed by atoms with van der Waals surface area (Å²) in [5, 5.41) is 9.72. The summed E-state index contributed by atoms with van der Waals surface area (Å²) in [6, 6.07) is 12.3. The van der Waals surface area contributed by atoms with Crippen molar-refractivity contribution in [3.63, 3.8) is 0 Å². The van der Waals surface area contributed by atoms with Crippen LogP contribution >= 0.6 is 0 Å². The first-order chi connectivity index (χ1) is 15.7. The molecule has 4 rings (SSSR count). The van der Waals surface area contributed by atoms with Crippen molar-refractivity contribution in [1.82, 2.24) is 20.9 Å². The summed E-state index contributed by atoms with van der Waals surface area (Å²) in [5.41, 5.74) is 1.05. The Morgan fingerprint density at radius 1 is 1.22 bits per heavy atom. The van der Waals surface area contributed by atoms with Crippen molar-refractivity contribution in [1.29, 1.82) is 0 Å². The van der Waals surface area contributed by atoms with Crippen LogP contribution in [0, 0.1) is 0 Å². The summed E-state index contributed by atoms with van der Waals surface area (Å²) in [6.07, 6.45) is 6.33. The largest absolute Gasteiger partial charge is 0.484 e. The van der Waals surface area contributed by atoms with Gasteiger partial charge < -0.3 is 25.1 Å². The van der Waals surface area contributed by atoms with Gasteiger partial charge in [0.25, 0.3) is 5.91 Å². The number of aliphatic imine (C=N–C) groups is 1. The van der Waals surface area contributed by atoms with Crippen molar-refractivity contribution in [3.05, 3.63) is 54.0 Å². The molecule has 1 amide bonds. The fraction of sp³-hybridized carbons (Fsp3) is 0.500. The lowest BCUT2D eigenvalue weighted by atomic mass is 10.2. The van der Waals surface area contributed by atoms with Gasteiger partial charge >= 0.3 is 0 Å². The van der Waals surface area contributed by atoms with Crippen LogP contribution in [0.4, 0.5) is 0 Å². The van der Waals surface area contributed by atoms with Crippen LogP contribution in [0.3, 0.4) is 0 Å². The van der Waals surface area contributed by atoms with Gasteiger partial charge in [0.2, 0.25) is 0 Å². The SMILES string of the molecule is CN=C(NCc1cccc(OCC(=O)NC2CC2)c1)NCC(c1ccco1)N1CCCC1. The number of benzene rings is 1. The predicted molar refractivity (Wildman–Crippen MR) is 124 cm³/mol. The molecule has 1 saturated carbocycles. The molecule has 8 nitrogen and oxygen atoms in total. The fourth-order valence-electron chi connectivity index (χ4n) is 3.93. The highest BCUT2D eigenvalue weighted by molar-refractivity contribution is 5.79. The van der Waals surface area contributed by atoms with Gasteiger partial charge in [0.15, 0.2) is 12.6 Å². The van der Waals surface area contributed by atoms with E-state index < -0.39 is 0 Å². The molecule has 172 valence electrons. The van der Waals surface area contributed by atoms with Gasteiger partial charge in [-0.2, -0.15) is 0 Å². The minimum Gasteiger partial charge on any atom is -0.484 e. The molecule has 1 aliphatic heterocycles. The van der Waals surface area contributed by atoms with E-state index in [2.05, 4.69) is 25.8 Å². The highest BCUT2D eigenvalue weighted by Gasteiger charge is 2.25. The Labute approximate surface area is 189 Å². The number of amides is 1. The minimum absolute atomic E-state index is 0.0429. The van der Waals surface area contributed by atoms with E-state index in [4.69, 9.17) is 9.15 Å². The molecule has 3 N–H and O–H groups in total. The lowest BCUT2D eigenvalue weighted by Gasteiger charge is -2.26. The minimum atomic E-state index is -0.0651. The van der Waals surface area contributed by atoms with E-state index in [0.717, 1.165) is 43.2 Å². The van der Waals surface area contributed by atoms with E-state index in [1.54, 1.807) is 13.3 Å².